The number of hydrogen-bond donors (Lipinski definition) is 1. The molecule has 3 nitrogen and oxygen atoms in total. The number of nitrogens with zero attached hydrogens (tertiary/aromatic N) is 2. The molecule has 1 fully saturated rings. The van der Waals surface area contributed by atoms with Crippen LogP contribution in [0.4, 0.5) is 18.3 Å². The molecule has 0 bridgehead atoms. The third kappa shape index (κ3) is 2.46. The Morgan fingerprint density at radius 3 is 2.81 bits per heavy atom. The van der Waals surface area contributed by atoms with E-state index in [2.05, 4.69) is 4.98 Å². The number of halogens is 3. The van der Waals surface area contributed by atoms with Crippen LogP contribution in [0, 0.1) is 0 Å². The number of hydrogen-bond acceptors (Lipinski definition) is 4. The molecule has 16 heavy (non-hydrogen) atoms. The average Bonchev–Trinajstić information content (AvgIpc) is 2.65. The summed E-state index contributed by atoms with van der Waals surface area (Å²) >= 11 is 0.627. The van der Waals surface area contributed by atoms with Crippen LogP contribution in [0.3, 0.4) is 0 Å². The van der Waals surface area contributed by atoms with Crippen LogP contribution in [0.15, 0.2) is 6.20 Å². The maximum absolute atomic E-state index is 12.3. The molecular weight excluding hydrogens is 241 g/mol. The second-order valence-electron chi connectivity index (χ2n) is 3.75. The zero-order chi connectivity index (χ0) is 11.8. The fourth-order valence-electron chi connectivity index (χ4n) is 1.67. The van der Waals surface area contributed by atoms with Crippen molar-refractivity contribution < 1.29 is 18.3 Å². The normalized spacial score (nSPS) is 22.5. The van der Waals surface area contributed by atoms with Gasteiger partial charge in [0.05, 0.1) is 12.3 Å². The number of rotatable bonds is 1. The second kappa shape index (κ2) is 4.21. The van der Waals surface area contributed by atoms with Crippen molar-refractivity contribution in [2.45, 2.75) is 25.1 Å². The summed E-state index contributed by atoms with van der Waals surface area (Å²) in [6, 6.07) is 0. The van der Waals surface area contributed by atoms with Crippen molar-refractivity contribution in [2.75, 3.05) is 18.0 Å². The summed E-state index contributed by atoms with van der Waals surface area (Å²) in [6.07, 6.45) is -2.46. The first-order valence-corrected chi connectivity index (χ1v) is 5.74. The van der Waals surface area contributed by atoms with Crippen LogP contribution >= 0.6 is 11.3 Å². The van der Waals surface area contributed by atoms with Gasteiger partial charge in [-0.3, -0.25) is 0 Å². The van der Waals surface area contributed by atoms with Crippen LogP contribution in [0.1, 0.15) is 17.7 Å². The van der Waals surface area contributed by atoms with Crippen molar-refractivity contribution in [2.24, 2.45) is 0 Å². The third-order valence-corrected chi connectivity index (χ3v) is 3.54. The highest BCUT2D eigenvalue weighted by molar-refractivity contribution is 7.15. The topological polar surface area (TPSA) is 36.4 Å². The van der Waals surface area contributed by atoms with E-state index in [4.69, 9.17) is 0 Å². The van der Waals surface area contributed by atoms with Crippen molar-refractivity contribution in [3.8, 4) is 0 Å². The molecule has 1 aromatic heterocycles. The molecule has 1 aromatic rings. The molecule has 1 aliphatic heterocycles. The van der Waals surface area contributed by atoms with Crippen LogP contribution in [-0.4, -0.2) is 29.3 Å². The molecule has 7 heteroatoms. The Morgan fingerprint density at radius 2 is 2.25 bits per heavy atom. The standard InChI is InChI=1S/C9H11F3N2OS/c10-9(11,12)7-4-13-8(16-7)14-3-1-2-6(15)5-14/h4,6,15H,1-3,5H2. The minimum absolute atomic E-state index is 0.339. The minimum atomic E-state index is -4.33. The molecule has 0 radical (unpaired) electrons. The van der Waals surface area contributed by atoms with Crippen LogP contribution in [0.25, 0.3) is 0 Å². The molecular formula is C9H11F3N2OS. The van der Waals surface area contributed by atoms with Gasteiger partial charge in [-0.05, 0) is 12.8 Å². The first kappa shape index (κ1) is 11.7. The molecule has 0 amide bonds. The van der Waals surface area contributed by atoms with Crippen LogP contribution in [0.5, 0.6) is 0 Å². The quantitative estimate of drug-likeness (QED) is 0.831. The second-order valence-corrected chi connectivity index (χ2v) is 4.76. The lowest BCUT2D eigenvalue weighted by molar-refractivity contribution is -0.134. The Hall–Kier alpha value is -0.820. The molecule has 1 saturated heterocycles. The Morgan fingerprint density at radius 1 is 1.50 bits per heavy atom. The summed E-state index contributed by atoms with van der Waals surface area (Å²) in [5.41, 5.74) is 0. The maximum Gasteiger partial charge on any atom is 0.427 e. The summed E-state index contributed by atoms with van der Waals surface area (Å²) in [4.78, 5) is 4.76. The van der Waals surface area contributed by atoms with Gasteiger partial charge in [0.15, 0.2) is 5.13 Å². The van der Waals surface area contributed by atoms with E-state index in [-0.39, 0.29) is 0 Å². The van der Waals surface area contributed by atoms with Crippen LogP contribution < -0.4 is 4.90 Å². The fraction of sp³-hybridized carbons (Fsp3) is 0.667. The van der Waals surface area contributed by atoms with Gasteiger partial charge in [0.1, 0.15) is 4.88 Å². The average molecular weight is 252 g/mol. The number of β-amino-alcohol motifs (C(OH)–C–C–N with tert-alkyl or cyclic N) is 1. The van der Waals surface area contributed by atoms with Crippen molar-refractivity contribution in [3.05, 3.63) is 11.1 Å². The highest BCUT2D eigenvalue weighted by Crippen LogP contribution is 2.36. The fourth-order valence-corrected chi connectivity index (χ4v) is 2.49. The van der Waals surface area contributed by atoms with E-state index in [1.54, 1.807) is 4.90 Å². The first-order chi connectivity index (χ1) is 7.47. The number of aliphatic hydroxyl groups excluding tert-OH is 1. The van der Waals surface area contributed by atoms with E-state index < -0.39 is 17.2 Å². The summed E-state index contributed by atoms with van der Waals surface area (Å²) in [5, 5.41) is 9.76. The zero-order valence-electron chi connectivity index (χ0n) is 8.37. The Balaban J connectivity index is 2.12. The first-order valence-electron chi connectivity index (χ1n) is 4.93. The smallest absolute Gasteiger partial charge is 0.391 e. The summed E-state index contributed by atoms with van der Waals surface area (Å²) < 4.78 is 37.0. The van der Waals surface area contributed by atoms with Gasteiger partial charge in [-0.1, -0.05) is 11.3 Å². The number of aromatic nitrogens is 1. The zero-order valence-corrected chi connectivity index (χ0v) is 9.18. The summed E-state index contributed by atoms with van der Waals surface area (Å²) in [6.45, 7) is 1.02. The number of piperidine rings is 1. The van der Waals surface area contributed by atoms with E-state index in [1.807, 2.05) is 0 Å². The van der Waals surface area contributed by atoms with Gasteiger partial charge < -0.3 is 10.0 Å². The van der Waals surface area contributed by atoms with Crippen molar-refractivity contribution in [3.63, 3.8) is 0 Å². The van der Waals surface area contributed by atoms with E-state index >= 15 is 0 Å². The molecule has 0 aromatic carbocycles. The van der Waals surface area contributed by atoms with Gasteiger partial charge in [-0.25, -0.2) is 4.98 Å². The highest BCUT2D eigenvalue weighted by atomic mass is 32.1. The highest BCUT2D eigenvalue weighted by Gasteiger charge is 2.34. The molecule has 0 aliphatic carbocycles. The Labute approximate surface area is 94.5 Å². The molecule has 90 valence electrons. The van der Waals surface area contributed by atoms with E-state index in [1.165, 1.54) is 0 Å². The summed E-state index contributed by atoms with van der Waals surface area (Å²) in [5.74, 6) is 0. The molecule has 2 rings (SSSR count). The SMILES string of the molecule is OC1CCCN(c2ncc(C(F)(F)F)s2)C1. The minimum Gasteiger partial charge on any atom is -0.391 e. The van der Waals surface area contributed by atoms with Crippen molar-refractivity contribution >= 4 is 16.5 Å². The lowest BCUT2D eigenvalue weighted by Gasteiger charge is -2.29. The van der Waals surface area contributed by atoms with Gasteiger partial charge in [0.25, 0.3) is 0 Å². The van der Waals surface area contributed by atoms with Gasteiger partial charge in [-0.2, -0.15) is 13.2 Å². The maximum atomic E-state index is 12.3. The molecule has 1 unspecified atom stereocenters. The lowest BCUT2D eigenvalue weighted by Crippen LogP contribution is -2.38. The van der Waals surface area contributed by atoms with Crippen LogP contribution in [0.2, 0.25) is 0 Å². The molecule has 1 atom stereocenters. The van der Waals surface area contributed by atoms with Crippen LogP contribution in [-0.2, 0) is 6.18 Å². The largest absolute Gasteiger partial charge is 0.427 e. The molecule has 1 N–H and O–H groups in total. The number of alkyl halides is 3. The predicted octanol–water partition coefficient (Wildman–Crippen LogP) is 2.12. The molecule has 0 spiro atoms. The monoisotopic (exact) mass is 252 g/mol. The number of thiazole rings is 1. The van der Waals surface area contributed by atoms with E-state index in [0.29, 0.717) is 36.0 Å². The van der Waals surface area contributed by atoms with Gasteiger partial charge in [-0.15, -0.1) is 0 Å². The lowest BCUT2D eigenvalue weighted by atomic mass is 10.1. The van der Waals surface area contributed by atoms with Crippen molar-refractivity contribution in [1.82, 2.24) is 4.98 Å². The number of aliphatic hydroxyl groups is 1. The summed E-state index contributed by atoms with van der Waals surface area (Å²) in [7, 11) is 0. The van der Waals surface area contributed by atoms with E-state index in [9.17, 15) is 18.3 Å². The van der Waals surface area contributed by atoms with Gasteiger partial charge >= 0.3 is 6.18 Å². The Bertz CT molecular complexity index is 366. The Kier molecular flexibility index (Phi) is 3.07. The van der Waals surface area contributed by atoms with Crippen molar-refractivity contribution in [1.29, 1.82) is 0 Å². The van der Waals surface area contributed by atoms with Gasteiger partial charge in [0.2, 0.25) is 0 Å². The third-order valence-electron chi connectivity index (χ3n) is 2.44. The van der Waals surface area contributed by atoms with Gasteiger partial charge in [0, 0.05) is 13.1 Å². The molecule has 0 saturated carbocycles. The predicted molar refractivity (Wildman–Crippen MR) is 54.6 cm³/mol. The molecule has 1 aliphatic rings. The molecule has 2 heterocycles. The van der Waals surface area contributed by atoms with E-state index in [0.717, 1.165) is 12.6 Å². The number of anilines is 1.